The van der Waals surface area contributed by atoms with Gasteiger partial charge in [-0.1, -0.05) is 6.42 Å². The molecule has 0 aromatic carbocycles. The third-order valence-corrected chi connectivity index (χ3v) is 4.32. The van der Waals surface area contributed by atoms with Crippen LogP contribution in [0.15, 0.2) is 0 Å². The summed E-state index contributed by atoms with van der Waals surface area (Å²) in [5, 5.41) is 0. The van der Waals surface area contributed by atoms with Crippen molar-refractivity contribution in [2.75, 3.05) is 0 Å². The molecule has 1 saturated carbocycles. The molecule has 3 atom stereocenters. The molecule has 0 aromatic rings. The summed E-state index contributed by atoms with van der Waals surface area (Å²) in [4.78, 5) is 2.90. The molecule has 2 saturated heterocycles. The summed E-state index contributed by atoms with van der Waals surface area (Å²) in [6.07, 6.45) is 14.2. The number of fused-ring (bicyclic) bond motifs is 2. The zero-order valence-electron chi connectivity index (χ0n) is 8.41. The second-order valence-electron chi connectivity index (χ2n) is 5.02. The van der Waals surface area contributed by atoms with Gasteiger partial charge >= 0.3 is 0 Å². The van der Waals surface area contributed by atoms with E-state index in [2.05, 4.69) is 11.3 Å². The molecule has 0 spiro atoms. The minimum Gasteiger partial charge on any atom is -0.294 e. The third-order valence-electron chi connectivity index (χ3n) is 4.32. The minimum atomic E-state index is 0.942. The first-order valence-electron chi connectivity index (χ1n) is 6.04. The smallest absolute Gasteiger partial charge is 0.0104 e. The first-order chi connectivity index (χ1) is 6.45. The van der Waals surface area contributed by atoms with Crippen molar-refractivity contribution in [1.29, 1.82) is 0 Å². The lowest BCUT2D eigenvalue weighted by molar-refractivity contribution is 0.0906. The molecule has 2 heterocycles. The highest BCUT2D eigenvalue weighted by Gasteiger charge is 2.40. The van der Waals surface area contributed by atoms with Gasteiger partial charge in [-0.2, -0.15) is 0 Å². The van der Waals surface area contributed by atoms with Gasteiger partial charge < -0.3 is 0 Å². The van der Waals surface area contributed by atoms with Crippen LogP contribution in [0.2, 0.25) is 0 Å². The van der Waals surface area contributed by atoms with Crippen LogP contribution in [0, 0.1) is 6.42 Å². The van der Waals surface area contributed by atoms with E-state index in [0.29, 0.717) is 0 Å². The van der Waals surface area contributed by atoms with Crippen LogP contribution in [0.3, 0.4) is 0 Å². The molecule has 73 valence electrons. The average Bonchev–Trinajstić information content (AvgIpc) is 2.72. The molecular formula is C12H20N. The summed E-state index contributed by atoms with van der Waals surface area (Å²) in [5.74, 6) is 0. The van der Waals surface area contributed by atoms with Gasteiger partial charge in [0.15, 0.2) is 0 Å². The summed E-state index contributed by atoms with van der Waals surface area (Å²) in [6.45, 7) is 0. The highest BCUT2D eigenvalue weighted by molar-refractivity contribution is 4.99. The van der Waals surface area contributed by atoms with Crippen LogP contribution in [0.1, 0.15) is 51.4 Å². The Morgan fingerprint density at radius 1 is 0.846 bits per heavy atom. The lowest BCUT2D eigenvalue weighted by atomic mass is 9.99. The lowest BCUT2D eigenvalue weighted by Crippen LogP contribution is -2.45. The largest absolute Gasteiger partial charge is 0.294 e. The lowest BCUT2D eigenvalue weighted by Gasteiger charge is -2.39. The van der Waals surface area contributed by atoms with E-state index >= 15 is 0 Å². The van der Waals surface area contributed by atoms with Crippen LogP contribution in [-0.4, -0.2) is 23.0 Å². The molecule has 1 nitrogen and oxygen atoms in total. The fourth-order valence-electron chi connectivity index (χ4n) is 3.76. The Balaban J connectivity index is 1.75. The second-order valence-corrected chi connectivity index (χ2v) is 5.02. The quantitative estimate of drug-likeness (QED) is 0.597. The predicted octanol–water partition coefficient (Wildman–Crippen LogP) is 2.76. The maximum absolute atomic E-state index is 2.90. The average molecular weight is 178 g/mol. The summed E-state index contributed by atoms with van der Waals surface area (Å²) >= 11 is 0. The summed E-state index contributed by atoms with van der Waals surface area (Å²) < 4.78 is 0. The van der Waals surface area contributed by atoms with Crippen molar-refractivity contribution < 1.29 is 0 Å². The van der Waals surface area contributed by atoms with Gasteiger partial charge in [-0.05, 0) is 51.4 Å². The maximum atomic E-state index is 2.90. The van der Waals surface area contributed by atoms with E-state index in [1.54, 1.807) is 0 Å². The Bertz CT molecular complexity index is 168. The summed E-state index contributed by atoms with van der Waals surface area (Å²) in [5.41, 5.74) is 0. The van der Waals surface area contributed by atoms with Crippen molar-refractivity contribution in [3.63, 3.8) is 0 Å². The zero-order chi connectivity index (χ0) is 8.67. The number of nitrogens with zero attached hydrogens (tertiary/aromatic N) is 1. The van der Waals surface area contributed by atoms with E-state index in [9.17, 15) is 0 Å². The minimum absolute atomic E-state index is 0.942. The molecule has 2 bridgehead atoms. The van der Waals surface area contributed by atoms with E-state index < -0.39 is 0 Å². The van der Waals surface area contributed by atoms with Gasteiger partial charge in [0.25, 0.3) is 0 Å². The summed E-state index contributed by atoms with van der Waals surface area (Å²) in [7, 11) is 0. The third kappa shape index (κ3) is 1.32. The first-order valence-corrected chi connectivity index (χ1v) is 6.04. The molecule has 3 unspecified atom stereocenters. The van der Waals surface area contributed by atoms with Gasteiger partial charge in [0.1, 0.15) is 0 Å². The zero-order valence-corrected chi connectivity index (χ0v) is 8.41. The van der Waals surface area contributed by atoms with E-state index in [4.69, 9.17) is 0 Å². The Hall–Kier alpha value is -0.0400. The van der Waals surface area contributed by atoms with Gasteiger partial charge in [0.2, 0.25) is 0 Å². The van der Waals surface area contributed by atoms with Crippen molar-refractivity contribution in [3.05, 3.63) is 6.42 Å². The standard InChI is InChI=1S/C12H20N/c1-2-5-10(4-1)13-11-6-3-7-12(13)9-8-11/h1,10-12H,2-9H2. The highest BCUT2D eigenvalue weighted by atomic mass is 15.2. The first kappa shape index (κ1) is 8.28. The molecule has 2 aliphatic heterocycles. The molecule has 3 rings (SSSR count). The Kier molecular flexibility index (Phi) is 2.08. The Morgan fingerprint density at radius 3 is 2.23 bits per heavy atom. The second kappa shape index (κ2) is 3.27. The predicted molar refractivity (Wildman–Crippen MR) is 54.4 cm³/mol. The molecule has 13 heavy (non-hydrogen) atoms. The van der Waals surface area contributed by atoms with E-state index in [-0.39, 0.29) is 0 Å². The molecule has 1 heteroatoms. The number of rotatable bonds is 1. The van der Waals surface area contributed by atoms with Crippen LogP contribution < -0.4 is 0 Å². The van der Waals surface area contributed by atoms with Gasteiger partial charge in [0, 0.05) is 18.1 Å². The SMILES string of the molecule is [CH]1CCC(N2C3CCCC2CC3)C1. The normalized spacial score (nSPS) is 41.5. The molecule has 0 N–H and O–H groups in total. The molecule has 3 fully saturated rings. The Labute approximate surface area is 81.5 Å². The van der Waals surface area contributed by atoms with E-state index in [0.717, 1.165) is 18.1 Å². The van der Waals surface area contributed by atoms with Gasteiger partial charge in [0.05, 0.1) is 0 Å². The molecule has 3 aliphatic rings. The van der Waals surface area contributed by atoms with E-state index in [1.165, 1.54) is 51.4 Å². The Morgan fingerprint density at radius 2 is 1.62 bits per heavy atom. The van der Waals surface area contributed by atoms with Crippen molar-refractivity contribution in [2.24, 2.45) is 0 Å². The van der Waals surface area contributed by atoms with E-state index in [1.807, 2.05) is 0 Å². The maximum Gasteiger partial charge on any atom is 0.0104 e. The molecule has 0 amide bonds. The molecular weight excluding hydrogens is 158 g/mol. The van der Waals surface area contributed by atoms with Crippen molar-refractivity contribution in [2.45, 2.75) is 69.5 Å². The van der Waals surface area contributed by atoms with Crippen LogP contribution in [0.4, 0.5) is 0 Å². The molecule has 0 aromatic heterocycles. The molecule has 1 aliphatic carbocycles. The monoisotopic (exact) mass is 178 g/mol. The van der Waals surface area contributed by atoms with Crippen molar-refractivity contribution in [1.82, 2.24) is 4.90 Å². The number of piperidine rings is 1. The van der Waals surface area contributed by atoms with Crippen molar-refractivity contribution in [3.8, 4) is 0 Å². The van der Waals surface area contributed by atoms with Crippen molar-refractivity contribution >= 4 is 0 Å². The van der Waals surface area contributed by atoms with Gasteiger partial charge in [-0.3, -0.25) is 4.90 Å². The highest BCUT2D eigenvalue weighted by Crippen LogP contribution is 2.40. The van der Waals surface area contributed by atoms with Gasteiger partial charge in [-0.15, -0.1) is 0 Å². The van der Waals surface area contributed by atoms with Crippen LogP contribution in [0.5, 0.6) is 0 Å². The summed E-state index contributed by atoms with van der Waals surface area (Å²) in [6, 6.07) is 2.91. The topological polar surface area (TPSA) is 3.24 Å². The van der Waals surface area contributed by atoms with Crippen LogP contribution in [-0.2, 0) is 0 Å². The fraction of sp³-hybridized carbons (Fsp3) is 0.917. The van der Waals surface area contributed by atoms with Crippen LogP contribution in [0.25, 0.3) is 0 Å². The fourth-order valence-corrected chi connectivity index (χ4v) is 3.76. The van der Waals surface area contributed by atoms with Crippen LogP contribution >= 0.6 is 0 Å². The number of hydrogen-bond donors (Lipinski definition) is 0. The molecule has 1 radical (unpaired) electrons. The van der Waals surface area contributed by atoms with Gasteiger partial charge in [-0.25, -0.2) is 0 Å². The number of hydrogen-bond acceptors (Lipinski definition) is 1.